The molecule has 4 rings (SSSR count). The van der Waals surface area contributed by atoms with Gasteiger partial charge in [0.15, 0.2) is 0 Å². The number of para-hydroxylation sites is 1. The Morgan fingerprint density at radius 1 is 1.12 bits per heavy atom. The molecule has 0 spiro atoms. The summed E-state index contributed by atoms with van der Waals surface area (Å²) >= 11 is 6.38. The fourth-order valence-corrected chi connectivity index (χ4v) is 3.79. The van der Waals surface area contributed by atoms with Gasteiger partial charge in [-0.05, 0) is 30.2 Å². The van der Waals surface area contributed by atoms with Crippen LogP contribution in [0.25, 0.3) is 22.1 Å². The molecule has 1 aliphatic rings. The van der Waals surface area contributed by atoms with Crippen LogP contribution in [0.1, 0.15) is 11.1 Å². The second-order valence-corrected chi connectivity index (χ2v) is 7.08. The van der Waals surface area contributed by atoms with E-state index in [9.17, 15) is 4.79 Å². The highest BCUT2D eigenvalue weighted by molar-refractivity contribution is 6.31. The molecule has 1 aromatic heterocycles. The highest BCUT2D eigenvalue weighted by Gasteiger charge is 2.21. The molecule has 0 radical (unpaired) electrons. The van der Waals surface area contributed by atoms with E-state index in [1.54, 1.807) is 0 Å². The van der Waals surface area contributed by atoms with E-state index in [-0.39, 0.29) is 5.63 Å². The van der Waals surface area contributed by atoms with E-state index in [4.69, 9.17) is 16.0 Å². The number of hydrogen-bond donors (Lipinski definition) is 1. The Hall–Kier alpha value is -2.14. The largest absolute Gasteiger partial charge is 0.422 e. The van der Waals surface area contributed by atoms with Gasteiger partial charge >= 0.3 is 5.63 Å². The molecule has 2 heterocycles. The third kappa shape index (κ3) is 3.16. The van der Waals surface area contributed by atoms with Gasteiger partial charge in [-0.15, -0.1) is 0 Å². The molecule has 3 aromatic rings. The molecule has 0 bridgehead atoms. The van der Waals surface area contributed by atoms with Gasteiger partial charge in [0.05, 0.1) is 5.56 Å². The predicted octanol–water partition coefficient (Wildman–Crippen LogP) is 3.83. The molecular weight excluding hydrogens is 348 g/mol. The van der Waals surface area contributed by atoms with Gasteiger partial charge in [0.25, 0.3) is 0 Å². The van der Waals surface area contributed by atoms with Crippen molar-refractivity contribution in [2.75, 3.05) is 26.2 Å². The van der Waals surface area contributed by atoms with E-state index >= 15 is 0 Å². The zero-order chi connectivity index (χ0) is 18.1. The second kappa shape index (κ2) is 7.23. The van der Waals surface area contributed by atoms with Gasteiger partial charge in [0.2, 0.25) is 0 Å². The van der Waals surface area contributed by atoms with E-state index in [1.807, 2.05) is 49.4 Å². The molecule has 134 valence electrons. The van der Waals surface area contributed by atoms with E-state index in [2.05, 4.69) is 10.2 Å². The summed E-state index contributed by atoms with van der Waals surface area (Å²) in [5.41, 5.74) is 3.96. The number of rotatable bonds is 3. The number of benzene rings is 2. The zero-order valence-electron chi connectivity index (χ0n) is 14.7. The lowest BCUT2D eigenvalue weighted by atomic mass is 9.93. The lowest BCUT2D eigenvalue weighted by Crippen LogP contribution is -2.43. The average Bonchev–Trinajstić information content (AvgIpc) is 2.66. The van der Waals surface area contributed by atoms with Crippen LogP contribution < -0.4 is 10.9 Å². The number of fused-ring (bicyclic) bond motifs is 1. The summed E-state index contributed by atoms with van der Waals surface area (Å²) in [7, 11) is 0. The van der Waals surface area contributed by atoms with Crippen LogP contribution in [0.2, 0.25) is 5.02 Å². The van der Waals surface area contributed by atoms with Gasteiger partial charge < -0.3 is 9.73 Å². The van der Waals surface area contributed by atoms with Crippen molar-refractivity contribution >= 4 is 22.6 Å². The van der Waals surface area contributed by atoms with Crippen LogP contribution in [-0.2, 0) is 6.54 Å². The van der Waals surface area contributed by atoms with Crippen LogP contribution in [0.5, 0.6) is 0 Å². The van der Waals surface area contributed by atoms with Crippen molar-refractivity contribution in [3.05, 3.63) is 69.0 Å². The number of halogens is 1. The minimum absolute atomic E-state index is 0.267. The Labute approximate surface area is 157 Å². The van der Waals surface area contributed by atoms with Crippen LogP contribution in [-0.4, -0.2) is 31.1 Å². The Morgan fingerprint density at radius 2 is 1.88 bits per heavy atom. The van der Waals surface area contributed by atoms with E-state index < -0.39 is 0 Å². The lowest BCUT2D eigenvalue weighted by Gasteiger charge is -2.27. The Balaban J connectivity index is 1.96. The van der Waals surface area contributed by atoms with Gasteiger partial charge in [-0.2, -0.15) is 0 Å². The lowest BCUT2D eigenvalue weighted by molar-refractivity contribution is 0.231. The predicted molar refractivity (Wildman–Crippen MR) is 106 cm³/mol. The summed E-state index contributed by atoms with van der Waals surface area (Å²) in [6.07, 6.45) is 0. The molecule has 1 aliphatic heterocycles. The summed E-state index contributed by atoms with van der Waals surface area (Å²) in [5, 5.41) is 5.00. The minimum atomic E-state index is -0.267. The Morgan fingerprint density at radius 3 is 2.69 bits per heavy atom. The highest BCUT2D eigenvalue weighted by Crippen LogP contribution is 2.35. The Bertz CT molecular complexity index is 1010. The smallest absolute Gasteiger partial charge is 0.341 e. The first-order chi connectivity index (χ1) is 12.6. The van der Waals surface area contributed by atoms with Crippen LogP contribution in [0.3, 0.4) is 0 Å². The summed E-state index contributed by atoms with van der Waals surface area (Å²) < 4.78 is 5.64. The minimum Gasteiger partial charge on any atom is -0.422 e. The first-order valence-electron chi connectivity index (χ1n) is 8.88. The molecule has 0 saturated carbocycles. The van der Waals surface area contributed by atoms with E-state index in [1.165, 1.54) is 0 Å². The number of hydrogen-bond acceptors (Lipinski definition) is 4. The first kappa shape index (κ1) is 17.3. The third-order valence-electron chi connectivity index (χ3n) is 5.04. The number of nitrogens with one attached hydrogen (secondary N) is 1. The summed E-state index contributed by atoms with van der Waals surface area (Å²) in [6.45, 7) is 6.28. The molecule has 26 heavy (non-hydrogen) atoms. The monoisotopic (exact) mass is 368 g/mol. The summed E-state index contributed by atoms with van der Waals surface area (Å²) in [6, 6.07) is 13.6. The number of piperazine rings is 1. The average molecular weight is 369 g/mol. The van der Waals surface area contributed by atoms with Crippen molar-refractivity contribution in [3.63, 3.8) is 0 Å². The summed E-state index contributed by atoms with van der Waals surface area (Å²) in [5.74, 6) is 0. The molecule has 0 unspecified atom stereocenters. The van der Waals surface area contributed by atoms with Crippen LogP contribution >= 0.6 is 11.6 Å². The second-order valence-electron chi connectivity index (χ2n) is 6.68. The molecule has 1 saturated heterocycles. The van der Waals surface area contributed by atoms with Crippen LogP contribution in [0, 0.1) is 6.92 Å². The van der Waals surface area contributed by atoms with Crippen molar-refractivity contribution < 1.29 is 4.42 Å². The van der Waals surface area contributed by atoms with Crippen LogP contribution in [0.4, 0.5) is 0 Å². The maximum absolute atomic E-state index is 12.9. The van der Waals surface area contributed by atoms with Gasteiger partial charge in [-0.1, -0.05) is 41.9 Å². The summed E-state index contributed by atoms with van der Waals surface area (Å²) in [4.78, 5) is 15.1. The fraction of sp³-hybridized carbons (Fsp3) is 0.286. The molecule has 0 aliphatic carbocycles. The van der Waals surface area contributed by atoms with Crippen molar-refractivity contribution in [1.29, 1.82) is 0 Å². The van der Waals surface area contributed by atoms with Gasteiger partial charge in [0.1, 0.15) is 5.58 Å². The molecule has 0 amide bonds. The first-order valence-corrected chi connectivity index (χ1v) is 9.26. The van der Waals surface area contributed by atoms with Crippen molar-refractivity contribution in [2.45, 2.75) is 13.5 Å². The SMILES string of the molecule is Cc1c(Cl)cccc1-c1c(CN2CCNCC2)c(=O)oc2ccccc12. The van der Waals surface area contributed by atoms with Gasteiger partial charge in [-0.25, -0.2) is 4.79 Å². The van der Waals surface area contributed by atoms with Crippen molar-refractivity contribution in [3.8, 4) is 11.1 Å². The maximum Gasteiger partial charge on any atom is 0.341 e. The fourth-order valence-electron chi connectivity index (χ4n) is 3.61. The normalized spacial score (nSPS) is 15.5. The topological polar surface area (TPSA) is 45.5 Å². The standard InChI is InChI=1S/C21H21ClN2O2/c1-14-15(6-4-7-18(14)22)20-16-5-2-3-8-19(16)26-21(25)17(20)13-24-11-9-23-10-12-24/h2-8,23H,9-13H2,1H3. The van der Waals surface area contributed by atoms with Gasteiger partial charge in [-0.3, -0.25) is 4.90 Å². The molecule has 4 nitrogen and oxygen atoms in total. The maximum atomic E-state index is 12.9. The number of nitrogens with zero attached hydrogens (tertiary/aromatic N) is 1. The van der Waals surface area contributed by atoms with Gasteiger partial charge in [0, 0.05) is 48.7 Å². The quantitative estimate of drug-likeness (QED) is 0.714. The molecule has 1 N–H and O–H groups in total. The van der Waals surface area contributed by atoms with Crippen molar-refractivity contribution in [1.82, 2.24) is 10.2 Å². The molecule has 1 fully saturated rings. The van der Waals surface area contributed by atoms with E-state index in [0.29, 0.717) is 22.7 Å². The highest BCUT2D eigenvalue weighted by atomic mass is 35.5. The molecular formula is C21H21ClN2O2. The zero-order valence-corrected chi connectivity index (χ0v) is 15.5. The molecule has 0 atom stereocenters. The molecule has 2 aromatic carbocycles. The van der Waals surface area contributed by atoms with Crippen molar-refractivity contribution in [2.24, 2.45) is 0 Å². The van der Waals surface area contributed by atoms with E-state index in [0.717, 1.165) is 48.3 Å². The Kier molecular flexibility index (Phi) is 4.81. The third-order valence-corrected chi connectivity index (χ3v) is 5.45. The van der Waals surface area contributed by atoms with Crippen LogP contribution in [0.15, 0.2) is 51.7 Å². The molecule has 5 heteroatoms.